The third-order valence-electron chi connectivity index (χ3n) is 3.92. The Kier molecular flexibility index (Phi) is 4.47. The SMILES string of the molecule is CCN(C(=O)Cn1c(=O)c(=O)[nH]c2cc(F)ccc21)c1ccccc1. The number of rotatable bonds is 4. The number of carbonyl (C=O) groups is 1. The highest BCUT2D eigenvalue weighted by Gasteiger charge is 2.17. The average Bonchev–Trinajstić information content (AvgIpc) is 2.60. The van der Waals surface area contributed by atoms with Gasteiger partial charge in [-0.2, -0.15) is 0 Å². The lowest BCUT2D eigenvalue weighted by molar-refractivity contribution is -0.119. The summed E-state index contributed by atoms with van der Waals surface area (Å²) in [7, 11) is 0. The van der Waals surface area contributed by atoms with E-state index in [0.29, 0.717) is 17.7 Å². The van der Waals surface area contributed by atoms with Gasteiger partial charge in [0.15, 0.2) is 0 Å². The summed E-state index contributed by atoms with van der Waals surface area (Å²) in [5, 5.41) is 0. The molecule has 3 rings (SSSR count). The maximum absolute atomic E-state index is 13.4. The molecule has 3 aromatic rings. The Morgan fingerprint density at radius 3 is 2.56 bits per heavy atom. The summed E-state index contributed by atoms with van der Waals surface area (Å²) in [6.07, 6.45) is 0. The van der Waals surface area contributed by atoms with Gasteiger partial charge in [0, 0.05) is 12.2 Å². The minimum absolute atomic E-state index is 0.167. The van der Waals surface area contributed by atoms with E-state index in [1.807, 2.05) is 25.1 Å². The topological polar surface area (TPSA) is 75.2 Å². The third kappa shape index (κ3) is 3.21. The highest BCUT2D eigenvalue weighted by Crippen LogP contribution is 2.15. The molecule has 25 heavy (non-hydrogen) atoms. The Hall–Kier alpha value is -3.22. The molecule has 1 amide bonds. The number of carbonyl (C=O) groups excluding carboxylic acids is 1. The number of fused-ring (bicyclic) bond motifs is 1. The molecule has 1 aromatic heterocycles. The van der Waals surface area contributed by atoms with E-state index in [2.05, 4.69) is 4.98 Å². The molecule has 0 saturated heterocycles. The first-order valence-electron chi connectivity index (χ1n) is 7.79. The van der Waals surface area contributed by atoms with Crippen LogP contribution < -0.4 is 16.0 Å². The van der Waals surface area contributed by atoms with Crippen molar-refractivity contribution in [3.05, 3.63) is 75.1 Å². The molecule has 0 fully saturated rings. The third-order valence-corrected chi connectivity index (χ3v) is 3.92. The first-order valence-corrected chi connectivity index (χ1v) is 7.79. The van der Waals surface area contributed by atoms with Crippen molar-refractivity contribution in [2.45, 2.75) is 13.5 Å². The fourth-order valence-electron chi connectivity index (χ4n) is 2.74. The van der Waals surface area contributed by atoms with Crippen LogP contribution in [0, 0.1) is 5.82 Å². The molecule has 0 spiro atoms. The van der Waals surface area contributed by atoms with Crippen molar-refractivity contribution in [2.75, 3.05) is 11.4 Å². The maximum atomic E-state index is 13.4. The number of H-pyrrole nitrogens is 1. The predicted octanol–water partition coefficient (Wildman–Crippen LogP) is 1.88. The monoisotopic (exact) mass is 341 g/mol. The van der Waals surface area contributed by atoms with Gasteiger partial charge < -0.3 is 9.88 Å². The number of amides is 1. The highest BCUT2D eigenvalue weighted by molar-refractivity contribution is 5.93. The minimum Gasteiger partial charge on any atom is -0.316 e. The summed E-state index contributed by atoms with van der Waals surface area (Å²) in [5.74, 6) is -0.883. The molecule has 0 unspecified atom stereocenters. The first kappa shape index (κ1) is 16.6. The van der Waals surface area contributed by atoms with E-state index < -0.39 is 16.9 Å². The van der Waals surface area contributed by atoms with Crippen LogP contribution in [0.25, 0.3) is 11.0 Å². The lowest BCUT2D eigenvalue weighted by atomic mass is 10.2. The van der Waals surface area contributed by atoms with Crippen molar-refractivity contribution in [3.8, 4) is 0 Å². The van der Waals surface area contributed by atoms with E-state index in [4.69, 9.17) is 0 Å². The van der Waals surface area contributed by atoms with Gasteiger partial charge in [-0.25, -0.2) is 4.39 Å². The normalized spacial score (nSPS) is 10.8. The molecule has 0 aliphatic heterocycles. The lowest BCUT2D eigenvalue weighted by Crippen LogP contribution is -2.41. The van der Waals surface area contributed by atoms with Gasteiger partial charge in [0.2, 0.25) is 5.91 Å². The fourth-order valence-corrected chi connectivity index (χ4v) is 2.74. The van der Waals surface area contributed by atoms with Gasteiger partial charge in [-0.15, -0.1) is 0 Å². The van der Waals surface area contributed by atoms with E-state index in [0.717, 1.165) is 10.6 Å². The molecule has 0 saturated carbocycles. The summed E-state index contributed by atoms with van der Waals surface area (Å²) in [6, 6.07) is 12.7. The standard InChI is InChI=1S/C18H16FN3O3/c1-2-21(13-6-4-3-5-7-13)16(23)11-22-15-9-8-12(19)10-14(15)20-17(24)18(22)25/h3-10H,2,11H2,1H3,(H,20,24). The number of nitrogens with one attached hydrogen (secondary N) is 1. The molecular weight excluding hydrogens is 325 g/mol. The second-order valence-corrected chi connectivity index (χ2v) is 5.48. The number of hydrogen-bond donors (Lipinski definition) is 1. The lowest BCUT2D eigenvalue weighted by Gasteiger charge is -2.21. The first-order chi connectivity index (χ1) is 12.0. The summed E-state index contributed by atoms with van der Waals surface area (Å²) >= 11 is 0. The van der Waals surface area contributed by atoms with Gasteiger partial charge in [0.25, 0.3) is 0 Å². The Bertz CT molecular complexity index is 1040. The van der Waals surface area contributed by atoms with Crippen LogP contribution in [0.5, 0.6) is 0 Å². The number of nitrogens with zero attached hydrogens (tertiary/aromatic N) is 2. The Morgan fingerprint density at radius 1 is 1.16 bits per heavy atom. The summed E-state index contributed by atoms with van der Waals surface area (Å²) < 4.78 is 14.5. The van der Waals surface area contributed by atoms with Crippen LogP contribution in [0.15, 0.2) is 58.1 Å². The number of aromatic nitrogens is 2. The number of halogens is 1. The number of likely N-dealkylation sites (N-methyl/N-ethyl adjacent to an activating group) is 1. The van der Waals surface area contributed by atoms with Crippen molar-refractivity contribution in [2.24, 2.45) is 0 Å². The number of aromatic amines is 1. The second-order valence-electron chi connectivity index (χ2n) is 5.48. The van der Waals surface area contributed by atoms with Crippen molar-refractivity contribution in [1.82, 2.24) is 9.55 Å². The smallest absolute Gasteiger partial charge is 0.316 e. The molecular formula is C18H16FN3O3. The van der Waals surface area contributed by atoms with Gasteiger partial charge in [-0.1, -0.05) is 18.2 Å². The number of anilines is 1. The molecule has 1 heterocycles. The summed E-state index contributed by atoms with van der Waals surface area (Å²) in [5.41, 5.74) is -0.586. The molecule has 0 aliphatic rings. The largest absolute Gasteiger partial charge is 0.317 e. The van der Waals surface area contributed by atoms with Crippen molar-refractivity contribution < 1.29 is 9.18 Å². The van der Waals surface area contributed by atoms with Crippen LogP contribution in [0.4, 0.5) is 10.1 Å². The molecule has 6 nitrogen and oxygen atoms in total. The van der Waals surface area contributed by atoms with Gasteiger partial charge >= 0.3 is 11.1 Å². The van der Waals surface area contributed by atoms with E-state index >= 15 is 0 Å². The van der Waals surface area contributed by atoms with E-state index in [1.54, 1.807) is 12.1 Å². The molecule has 1 N–H and O–H groups in total. The highest BCUT2D eigenvalue weighted by atomic mass is 19.1. The van der Waals surface area contributed by atoms with Crippen LogP contribution in [-0.4, -0.2) is 22.0 Å². The Balaban J connectivity index is 2.05. The zero-order valence-corrected chi connectivity index (χ0v) is 13.5. The molecule has 0 radical (unpaired) electrons. The van der Waals surface area contributed by atoms with Gasteiger partial charge in [-0.05, 0) is 37.3 Å². The zero-order valence-electron chi connectivity index (χ0n) is 13.5. The summed E-state index contributed by atoms with van der Waals surface area (Å²) in [6.45, 7) is 1.92. The average molecular weight is 341 g/mol. The fraction of sp³-hybridized carbons (Fsp3) is 0.167. The van der Waals surface area contributed by atoms with Crippen LogP contribution in [-0.2, 0) is 11.3 Å². The zero-order chi connectivity index (χ0) is 18.0. The molecule has 0 bridgehead atoms. The molecule has 2 aromatic carbocycles. The van der Waals surface area contributed by atoms with E-state index in [1.165, 1.54) is 17.0 Å². The minimum atomic E-state index is -0.895. The second kappa shape index (κ2) is 6.72. The van der Waals surface area contributed by atoms with Crippen molar-refractivity contribution >= 4 is 22.6 Å². The molecule has 7 heteroatoms. The van der Waals surface area contributed by atoms with Gasteiger partial charge in [0.05, 0.1) is 11.0 Å². The van der Waals surface area contributed by atoms with Crippen LogP contribution in [0.1, 0.15) is 6.92 Å². The predicted molar refractivity (Wildman–Crippen MR) is 93.3 cm³/mol. The Labute approximate surface area is 142 Å². The quantitative estimate of drug-likeness (QED) is 0.736. The Morgan fingerprint density at radius 2 is 1.88 bits per heavy atom. The molecule has 0 aliphatic carbocycles. The van der Waals surface area contributed by atoms with E-state index in [9.17, 15) is 18.8 Å². The van der Waals surface area contributed by atoms with Crippen molar-refractivity contribution in [1.29, 1.82) is 0 Å². The maximum Gasteiger partial charge on any atom is 0.317 e. The van der Waals surface area contributed by atoms with E-state index in [-0.39, 0.29) is 18.0 Å². The number of benzene rings is 2. The van der Waals surface area contributed by atoms with Crippen LogP contribution in [0.2, 0.25) is 0 Å². The van der Waals surface area contributed by atoms with Gasteiger partial charge in [0.1, 0.15) is 12.4 Å². The summed E-state index contributed by atoms with van der Waals surface area (Å²) in [4.78, 5) is 40.6. The van der Waals surface area contributed by atoms with Gasteiger partial charge in [-0.3, -0.25) is 19.0 Å². The number of para-hydroxylation sites is 1. The van der Waals surface area contributed by atoms with Crippen molar-refractivity contribution in [3.63, 3.8) is 0 Å². The number of hydrogen-bond acceptors (Lipinski definition) is 3. The van der Waals surface area contributed by atoms with Crippen LogP contribution in [0.3, 0.4) is 0 Å². The molecule has 128 valence electrons. The molecule has 0 atom stereocenters. The van der Waals surface area contributed by atoms with Crippen LogP contribution >= 0.6 is 0 Å².